The van der Waals surface area contributed by atoms with E-state index in [1.807, 2.05) is 0 Å². The van der Waals surface area contributed by atoms with Gasteiger partial charge in [-0.1, -0.05) is 23.7 Å². The third-order valence-corrected chi connectivity index (χ3v) is 4.33. The third kappa shape index (κ3) is 6.53. The quantitative estimate of drug-likeness (QED) is 0.552. The molecule has 0 heterocycles. The van der Waals surface area contributed by atoms with Crippen molar-refractivity contribution in [1.29, 1.82) is 0 Å². The fourth-order valence-electron chi connectivity index (χ4n) is 1.77. The van der Waals surface area contributed by atoms with Crippen LogP contribution in [0.1, 0.15) is 6.42 Å². The first-order chi connectivity index (χ1) is 12.5. The zero-order valence-electron chi connectivity index (χ0n) is 13.4. The minimum atomic E-state index is -0.940. The highest BCUT2D eigenvalue weighted by Crippen LogP contribution is 2.23. The first-order valence-corrected chi connectivity index (χ1v) is 8.85. The van der Waals surface area contributed by atoms with E-state index in [-0.39, 0.29) is 13.0 Å². The molecule has 2 rings (SSSR count). The number of hydrogen-bond acceptors (Lipinski definition) is 4. The van der Waals surface area contributed by atoms with Crippen LogP contribution < -0.4 is 15.6 Å². The number of ether oxygens (including phenoxy) is 1. The predicted molar refractivity (Wildman–Crippen MR) is 94.9 cm³/mol. The molecule has 2 N–H and O–H groups in total. The summed E-state index contributed by atoms with van der Waals surface area (Å²) < 4.78 is 31.1. The van der Waals surface area contributed by atoms with Crippen molar-refractivity contribution in [1.82, 2.24) is 10.9 Å². The van der Waals surface area contributed by atoms with Gasteiger partial charge in [-0.2, -0.15) is 0 Å². The highest BCUT2D eigenvalue weighted by Gasteiger charge is 2.08. The molecule has 0 spiro atoms. The van der Waals surface area contributed by atoms with E-state index in [2.05, 4.69) is 10.9 Å². The Morgan fingerprint density at radius 2 is 1.77 bits per heavy atom. The summed E-state index contributed by atoms with van der Waals surface area (Å²) in [6, 6.07) is 10.2. The van der Waals surface area contributed by atoms with Crippen molar-refractivity contribution in [2.24, 2.45) is 0 Å². The summed E-state index contributed by atoms with van der Waals surface area (Å²) >= 11 is 7.08. The molecule has 9 heteroatoms. The van der Waals surface area contributed by atoms with Gasteiger partial charge in [0.25, 0.3) is 5.91 Å². The molecule has 5 nitrogen and oxygen atoms in total. The van der Waals surface area contributed by atoms with Crippen molar-refractivity contribution < 1.29 is 23.1 Å². The van der Waals surface area contributed by atoms with Crippen molar-refractivity contribution in [2.75, 3.05) is 12.4 Å². The number of nitrogens with one attached hydrogen (secondary N) is 2. The van der Waals surface area contributed by atoms with E-state index in [1.54, 1.807) is 24.3 Å². The van der Waals surface area contributed by atoms with Gasteiger partial charge in [0.05, 0.1) is 5.02 Å². The minimum absolute atomic E-state index is 0.0787. The van der Waals surface area contributed by atoms with Gasteiger partial charge in [0.15, 0.2) is 18.2 Å². The van der Waals surface area contributed by atoms with E-state index < -0.39 is 23.4 Å². The van der Waals surface area contributed by atoms with Gasteiger partial charge in [-0.3, -0.25) is 20.4 Å². The Bertz CT molecular complexity index is 792. The molecule has 0 unspecified atom stereocenters. The summed E-state index contributed by atoms with van der Waals surface area (Å²) in [5.41, 5.74) is 4.45. The smallest absolute Gasteiger partial charge is 0.276 e. The van der Waals surface area contributed by atoms with Crippen molar-refractivity contribution in [2.45, 2.75) is 11.3 Å². The molecule has 0 saturated carbocycles. The van der Waals surface area contributed by atoms with Crippen LogP contribution in [0.5, 0.6) is 5.75 Å². The van der Waals surface area contributed by atoms with Crippen LogP contribution in [-0.2, 0) is 9.59 Å². The Labute approximate surface area is 158 Å². The molecule has 0 aliphatic heterocycles. The maximum absolute atomic E-state index is 13.1. The number of amides is 2. The molecule has 0 fully saturated rings. The lowest BCUT2D eigenvalue weighted by Gasteiger charge is -2.09. The van der Waals surface area contributed by atoms with Gasteiger partial charge in [0.1, 0.15) is 5.75 Å². The van der Waals surface area contributed by atoms with E-state index >= 15 is 0 Å². The average Bonchev–Trinajstić information content (AvgIpc) is 2.62. The Kier molecular flexibility index (Phi) is 7.68. The van der Waals surface area contributed by atoms with Crippen molar-refractivity contribution in [3.8, 4) is 5.75 Å². The van der Waals surface area contributed by atoms with Gasteiger partial charge in [-0.25, -0.2) is 8.78 Å². The van der Waals surface area contributed by atoms with Gasteiger partial charge < -0.3 is 4.74 Å². The first-order valence-electron chi connectivity index (χ1n) is 7.48. The lowest BCUT2D eigenvalue weighted by molar-refractivity contribution is -0.129. The number of para-hydroxylation sites is 1. The highest BCUT2D eigenvalue weighted by atomic mass is 35.5. The second-order valence-electron chi connectivity index (χ2n) is 4.99. The Balaban J connectivity index is 1.64. The van der Waals surface area contributed by atoms with Crippen LogP contribution in [0.4, 0.5) is 8.78 Å². The van der Waals surface area contributed by atoms with Crippen LogP contribution >= 0.6 is 23.4 Å². The predicted octanol–water partition coefficient (Wildman–Crippen LogP) is 3.33. The third-order valence-electron chi connectivity index (χ3n) is 3.03. The van der Waals surface area contributed by atoms with E-state index in [9.17, 15) is 18.4 Å². The molecule has 2 aromatic carbocycles. The summed E-state index contributed by atoms with van der Waals surface area (Å²) in [5.74, 6) is -2.14. The largest absolute Gasteiger partial charge is 0.482 e. The molecular formula is C17H15ClF2N2O3S. The van der Waals surface area contributed by atoms with Gasteiger partial charge in [0, 0.05) is 17.1 Å². The van der Waals surface area contributed by atoms with E-state index in [0.29, 0.717) is 21.4 Å². The molecule has 2 aromatic rings. The zero-order chi connectivity index (χ0) is 18.9. The fourth-order valence-corrected chi connectivity index (χ4v) is 2.84. The lowest BCUT2D eigenvalue weighted by Crippen LogP contribution is -2.43. The van der Waals surface area contributed by atoms with Crippen molar-refractivity contribution in [3.63, 3.8) is 0 Å². The number of thioether (sulfide) groups is 1. The van der Waals surface area contributed by atoms with Gasteiger partial charge in [0.2, 0.25) is 5.91 Å². The van der Waals surface area contributed by atoms with Crippen LogP contribution in [-0.4, -0.2) is 24.2 Å². The molecule has 26 heavy (non-hydrogen) atoms. The highest BCUT2D eigenvalue weighted by molar-refractivity contribution is 7.99. The normalized spacial score (nSPS) is 10.3. The first kappa shape index (κ1) is 20.0. The molecule has 0 bridgehead atoms. The Hall–Kier alpha value is -2.32. The molecule has 0 saturated heterocycles. The zero-order valence-corrected chi connectivity index (χ0v) is 15.0. The second-order valence-corrected chi connectivity index (χ2v) is 6.57. The maximum Gasteiger partial charge on any atom is 0.276 e. The van der Waals surface area contributed by atoms with Gasteiger partial charge in [-0.05, 0) is 30.3 Å². The average molecular weight is 401 g/mol. The van der Waals surface area contributed by atoms with E-state index in [1.165, 1.54) is 17.8 Å². The van der Waals surface area contributed by atoms with E-state index in [0.717, 1.165) is 12.1 Å². The van der Waals surface area contributed by atoms with Crippen molar-refractivity contribution in [3.05, 3.63) is 59.1 Å². The summed E-state index contributed by atoms with van der Waals surface area (Å²) in [7, 11) is 0. The number of carbonyl (C=O) groups is 2. The van der Waals surface area contributed by atoms with Crippen LogP contribution in [0.3, 0.4) is 0 Å². The monoisotopic (exact) mass is 400 g/mol. The van der Waals surface area contributed by atoms with Crippen LogP contribution in [0, 0.1) is 11.6 Å². The van der Waals surface area contributed by atoms with Gasteiger partial charge >= 0.3 is 0 Å². The summed E-state index contributed by atoms with van der Waals surface area (Å²) in [6.45, 7) is -0.312. The van der Waals surface area contributed by atoms with Crippen LogP contribution in [0.2, 0.25) is 5.02 Å². The van der Waals surface area contributed by atoms with Gasteiger partial charge in [-0.15, -0.1) is 11.8 Å². The molecule has 138 valence electrons. The SMILES string of the molecule is O=C(CCSc1ccc(F)c(F)c1)NNC(=O)COc1ccccc1Cl. The maximum atomic E-state index is 13.1. The minimum Gasteiger partial charge on any atom is -0.482 e. The number of hydrogen-bond donors (Lipinski definition) is 2. The number of halogens is 3. The number of carbonyl (C=O) groups excluding carboxylic acids is 2. The molecule has 0 aliphatic carbocycles. The summed E-state index contributed by atoms with van der Waals surface area (Å²) in [6.07, 6.45) is 0.0787. The molecule has 0 atom stereocenters. The molecular weight excluding hydrogens is 386 g/mol. The Morgan fingerprint density at radius 1 is 1.04 bits per heavy atom. The van der Waals surface area contributed by atoms with Crippen molar-refractivity contribution >= 4 is 35.2 Å². The molecule has 0 aliphatic rings. The number of benzene rings is 2. The molecule has 0 radical (unpaired) electrons. The number of rotatable bonds is 7. The number of hydrazine groups is 1. The molecule has 0 aromatic heterocycles. The lowest BCUT2D eigenvalue weighted by atomic mass is 10.3. The fraction of sp³-hybridized carbons (Fsp3) is 0.176. The second kappa shape index (κ2) is 9.98. The Morgan fingerprint density at radius 3 is 2.50 bits per heavy atom. The summed E-state index contributed by atoms with van der Waals surface area (Å²) in [4.78, 5) is 23.8. The standard InChI is InChI=1S/C17H15ClF2N2O3S/c18-12-3-1-2-4-15(12)25-10-17(24)22-21-16(23)7-8-26-11-5-6-13(19)14(20)9-11/h1-6,9H,7-8,10H2,(H,21,23)(H,22,24). The van der Waals surface area contributed by atoms with Crippen LogP contribution in [0.25, 0.3) is 0 Å². The van der Waals surface area contributed by atoms with E-state index in [4.69, 9.17) is 16.3 Å². The van der Waals surface area contributed by atoms with Crippen LogP contribution in [0.15, 0.2) is 47.4 Å². The molecule has 2 amide bonds. The summed E-state index contributed by atoms with van der Waals surface area (Å²) in [5, 5.41) is 0.374. The topological polar surface area (TPSA) is 67.4 Å².